The maximum Gasteiger partial charge on any atom is 0.261 e. The van der Waals surface area contributed by atoms with Crippen LogP contribution in [0.3, 0.4) is 0 Å². The second-order valence-electron chi connectivity index (χ2n) is 13.3. The zero-order valence-corrected chi connectivity index (χ0v) is 27.4. The maximum atomic E-state index is 11.1. The van der Waals surface area contributed by atoms with Crippen molar-refractivity contribution in [2.24, 2.45) is 5.41 Å². The average molecular weight is 610 g/mol. The van der Waals surface area contributed by atoms with Crippen molar-refractivity contribution in [2.75, 3.05) is 39.5 Å². The van der Waals surface area contributed by atoms with E-state index in [0.717, 1.165) is 18.7 Å². The van der Waals surface area contributed by atoms with Gasteiger partial charge < -0.3 is 19.0 Å². The Morgan fingerprint density at radius 3 is 1.75 bits per heavy atom. The highest BCUT2D eigenvalue weighted by Gasteiger charge is 2.52. The van der Waals surface area contributed by atoms with E-state index in [4.69, 9.17) is 13.9 Å². The summed E-state index contributed by atoms with van der Waals surface area (Å²) in [6, 6.07) is 42.2. The lowest BCUT2D eigenvalue weighted by molar-refractivity contribution is -0.149. The first-order valence-corrected chi connectivity index (χ1v) is 17.6. The highest BCUT2D eigenvalue weighted by Crippen LogP contribution is 2.39. The van der Waals surface area contributed by atoms with E-state index in [-0.39, 0.29) is 17.1 Å². The molecular formula is C38H47NO4Si. The van der Waals surface area contributed by atoms with Crippen molar-refractivity contribution in [3.8, 4) is 0 Å². The van der Waals surface area contributed by atoms with Gasteiger partial charge in [0.05, 0.1) is 37.9 Å². The fraction of sp³-hybridized carbons (Fsp3) is 0.368. The van der Waals surface area contributed by atoms with Crippen molar-refractivity contribution in [1.82, 2.24) is 4.90 Å². The topological polar surface area (TPSA) is 51.2 Å². The number of aliphatic hydroxyl groups excluding tert-OH is 1. The zero-order chi connectivity index (χ0) is 30.9. The van der Waals surface area contributed by atoms with Crippen LogP contribution in [0.1, 0.15) is 31.9 Å². The summed E-state index contributed by atoms with van der Waals surface area (Å²) >= 11 is 0. The van der Waals surface area contributed by atoms with Gasteiger partial charge in [0.25, 0.3) is 8.32 Å². The molecule has 1 N–H and O–H groups in total. The van der Waals surface area contributed by atoms with Gasteiger partial charge in [-0.05, 0) is 26.5 Å². The second-order valence-corrected chi connectivity index (χ2v) is 17.6. The van der Waals surface area contributed by atoms with Gasteiger partial charge in [0.15, 0.2) is 0 Å². The van der Waals surface area contributed by atoms with Gasteiger partial charge in [-0.1, -0.05) is 142 Å². The molecule has 0 saturated carbocycles. The SMILES string of the molecule is CC(C)(C)[Si](OCC1(CN(Cc2ccccc2)C[C@H](O)COCc2ccccc2)COC1)(c1ccccc1)c1ccccc1. The van der Waals surface area contributed by atoms with Crippen LogP contribution in [0, 0.1) is 5.41 Å². The molecule has 0 unspecified atom stereocenters. The molecule has 0 aromatic heterocycles. The van der Waals surface area contributed by atoms with E-state index in [9.17, 15) is 5.11 Å². The molecule has 0 bridgehead atoms. The van der Waals surface area contributed by atoms with E-state index < -0.39 is 14.4 Å². The van der Waals surface area contributed by atoms with E-state index in [1.165, 1.54) is 15.9 Å². The molecule has 1 aliphatic rings. The molecule has 1 atom stereocenters. The highest BCUT2D eigenvalue weighted by atomic mass is 28.4. The normalized spacial score (nSPS) is 15.6. The number of hydrogen-bond acceptors (Lipinski definition) is 5. The molecule has 44 heavy (non-hydrogen) atoms. The third-order valence-electron chi connectivity index (χ3n) is 8.53. The number of hydrogen-bond donors (Lipinski definition) is 1. The molecule has 6 heteroatoms. The van der Waals surface area contributed by atoms with Gasteiger partial charge >= 0.3 is 0 Å². The number of ether oxygens (including phenoxy) is 2. The van der Waals surface area contributed by atoms with Gasteiger partial charge in [-0.15, -0.1) is 0 Å². The summed E-state index contributed by atoms with van der Waals surface area (Å²) in [6.45, 7) is 11.6. The molecule has 232 valence electrons. The lowest BCUT2D eigenvalue weighted by Gasteiger charge is -2.49. The van der Waals surface area contributed by atoms with Crippen molar-refractivity contribution in [3.63, 3.8) is 0 Å². The fourth-order valence-electron chi connectivity index (χ4n) is 6.37. The molecule has 4 aromatic rings. The van der Waals surface area contributed by atoms with E-state index in [1.807, 2.05) is 36.4 Å². The summed E-state index contributed by atoms with van der Waals surface area (Å²) in [6.07, 6.45) is -0.613. The first-order valence-electron chi connectivity index (χ1n) is 15.7. The lowest BCUT2D eigenvalue weighted by Crippen LogP contribution is -2.68. The Bertz CT molecular complexity index is 1350. The smallest absolute Gasteiger partial charge is 0.261 e. The summed E-state index contributed by atoms with van der Waals surface area (Å²) < 4.78 is 19.2. The van der Waals surface area contributed by atoms with Crippen LogP contribution in [-0.4, -0.2) is 63.9 Å². The van der Waals surface area contributed by atoms with Gasteiger partial charge in [0, 0.05) is 26.2 Å². The molecule has 1 saturated heterocycles. The molecular weight excluding hydrogens is 563 g/mol. The quantitative estimate of drug-likeness (QED) is 0.176. The Labute approximate surface area is 264 Å². The molecule has 0 aliphatic carbocycles. The van der Waals surface area contributed by atoms with Crippen LogP contribution >= 0.6 is 0 Å². The Morgan fingerprint density at radius 1 is 0.773 bits per heavy atom. The summed E-state index contributed by atoms with van der Waals surface area (Å²) in [5.74, 6) is 0. The van der Waals surface area contributed by atoms with Crippen LogP contribution in [0.4, 0.5) is 0 Å². The van der Waals surface area contributed by atoms with Gasteiger partial charge in [-0.25, -0.2) is 0 Å². The van der Waals surface area contributed by atoms with Crippen molar-refractivity contribution >= 4 is 18.7 Å². The Kier molecular flexibility index (Phi) is 10.9. The number of nitrogens with zero attached hydrogens (tertiary/aromatic N) is 1. The predicted molar refractivity (Wildman–Crippen MR) is 181 cm³/mol. The largest absolute Gasteiger partial charge is 0.407 e. The predicted octanol–water partition coefficient (Wildman–Crippen LogP) is 5.66. The molecule has 5 rings (SSSR count). The van der Waals surface area contributed by atoms with E-state index >= 15 is 0 Å². The molecule has 5 nitrogen and oxygen atoms in total. The fourth-order valence-corrected chi connectivity index (χ4v) is 11.1. The first-order chi connectivity index (χ1) is 21.3. The number of aliphatic hydroxyl groups is 1. The van der Waals surface area contributed by atoms with Gasteiger partial charge in [0.2, 0.25) is 0 Å². The van der Waals surface area contributed by atoms with Crippen LogP contribution in [0.5, 0.6) is 0 Å². The first kappa shape index (κ1) is 32.3. The molecule has 1 heterocycles. The maximum absolute atomic E-state index is 11.1. The van der Waals surface area contributed by atoms with Crippen LogP contribution in [0.15, 0.2) is 121 Å². The minimum Gasteiger partial charge on any atom is -0.407 e. The molecule has 4 aromatic carbocycles. The monoisotopic (exact) mass is 609 g/mol. The van der Waals surface area contributed by atoms with E-state index in [0.29, 0.717) is 33.0 Å². The Balaban J connectivity index is 1.35. The van der Waals surface area contributed by atoms with Gasteiger partial charge in [-0.3, -0.25) is 4.90 Å². The van der Waals surface area contributed by atoms with Crippen LogP contribution in [-0.2, 0) is 27.1 Å². The van der Waals surface area contributed by atoms with Crippen LogP contribution < -0.4 is 10.4 Å². The summed E-state index contributed by atoms with van der Waals surface area (Å²) in [7, 11) is -2.69. The molecule has 1 fully saturated rings. The van der Waals surface area contributed by atoms with Crippen LogP contribution in [0.2, 0.25) is 5.04 Å². The van der Waals surface area contributed by atoms with Crippen molar-refractivity contribution in [2.45, 2.75) is 45.1 Å². The zero-order valence-electron chi connectivity index (χ0n) is 26.4. The molecule has 0 amide bonds. The van der Waals surface area contributed by atoms with Gasteiger partial charge in [0.1, 0.15) is 0 Å². The van der Waals surface area contributed by atoms with E-state index in [1.54, 1.807) is 0 Å². The van der Waals surface area contributed by atoms with Gasteiger partial charge in [-0.2, -0.15) is 0 Å². The van der Waals surface area contributed by atoms with E-state index in [2.05, 4.69) is 111 Å². The highest BCUT2D eigenvalue weighted by molar-refractivity contribution is 6.99. The third-order valence-corrected chi connectivity index (χ3v) is 13.5. The van der Waals surface area contributed by atoms with Crippen molar-refractivity contribution in [3.05, 3.63) is 132 Å². The second kappa shape index (κ2) is 14.8. The Hall–Kier alpha value is -3.10. The minimum absolute atomic E-state index is 0.0997. The number of benzene rings is 4. The summed E-state index contributed by atoms with van der Waals surface area (Å²) in [5.41, 5.74) is 2.15. The summed E-state index contributed by atoms with van der Waals surface area (Å²) in [5, 5.41) is 13.6. The Morgan fingerprint density at radius 2 is 1.27 bits per heavy atom. The molecule has 1 aliphatic heterocycles. The third kappa shape index (κ3) is 7.94. The lowest BCUT2D eigenvalue weighted by atomic mass is 9.86. The standard InChI is InChI=1S/C38H47NO4Si/c1-37(2,3)44(35-20-12-6-13-21-35,36-22-14-7-15-23-36)43-31-38(29-42-30-38)28-39(24-32-16-8-4-9-17-32)25-34(40)27-41-26-33-18-10-5-11-19-33/h4-23,34,40H,24-31H2,1-3H3/t34-/m0/s1. The minimum atomic E-state index is -2.69. The summed E-state index contributed by atoms with van der Waals surface area (Å²) in [4.78, 5) is 2.35. The average Bonchev–Trinajstić information content (AvgIpc) is 3.01. The van der Waals surface area contributed by atoms with Crippen molar-refractivity contribution in [1.29, 1.82) is 0 Å². The van der Waals surface area contributed by atoms with Crippen LogP contribution in [0.25, 0.3) is 0 Å². The molecule has 0 spiro atoms. The number of rotatable bonds is 15. The molecule has 0 radical (unpaired) electrons. The van der Waals surface area contributed by atoms with Crippen molar-refractivity contribution < 1.29 is 19.0 Å².